The molecule has 1 saturated heterocycles. The van der Waals surface area contributed by atoms with Gasteiger partial charge in [0.05, 0.1) is 19.3 Å². The molecule has 0 spiro atoms. The van der Waals surface area contributed by atoms with Crippen molar-refractivity contribution in [3.8, 4) is 0 Å². The second-order valence-corrected chi connectivity index (χ2v) is 5.90. The molecular weight excluding hydrogens is 262 g/mol. The second kappa shape index (κ2) is 8.57. The van der Waals surface area contributed by atoms with Crippen LogP contribution in [0.3, 0.4) is 0 Å². The van der Waals surface area contributed by atoms with Crippen molar-refractivity contribution in [3.05, 3.63) is 35.4 Å². The molecule has 0 unspecified atom stereocenters. The fourth-order valence-corrected chi connectivity index (χ4v) is 2.78. The normalized spacial score (nSPS) is 17.4. The lowest BCUT2D eigenvalue weighted by atomic mass is 10.1. The Bertz CT molecular complexity index is 477. The maximum absolute atomic E-state index is 11.9. The molecule has 2 rings (SSSR count). The number of quaternary nitrogens is 1. The predicted molar refractivity (Wildman–Crippen MR) is 85.6 cm³/mol. The summed E-state index contributed by atoms with van der Waals surface area (Å²) in [4.78, 5) is 13.3. The molecule has 1 aromatic rings. The van der Waals surface area contributed by atoms with E-state index in [4.69, 9.17) is 0 Å². The van der Waals surface area contributed by atoms with Gasteiger partial charge in [0.25, 0.3) is 5.91 Å². The Kier molecular flexibility index (Phi) is 6.41. The zero-order chi connectivity index (χ0) is 14.9. The summed E-state index contributed by atoms with van der Waals surface area (Å²) in [7, 11) is 0. The van der Waals surface area contributed by atoms with Gasteiger partial charge in [0.1, 0.15) is 0 Å². The molecule has 1 heterocycles. The highest BCUT2D eigenvalue weighted by atomic mass is 16.2. The molecule has 0 aliphatic carbocycles. The van der Waals surface area contributed by atoms with E-state index in [1.165, 1.54) is 42.6 Å². The summed E-state index contributed by atoms with van der Waals surface area (Å²) < 4.78 is 0. The number of amides is 1. The minimum Gasteiger partial charge on any atom is -0.327 e. The van der Waals surface area contributed by atoms with E-state index >= 15 is 0 Å². The molecule has 1 fully saturated rings. The summed E-state index contributed by atoms with van der Waals surface area (Å²) in [5, 5.41) is 4.05. The van der Waals surface area contributed by atoms with Crippen molar-refractivity contribution in [1.82, 2.24) is 5.43 Å². The second-order valence-electron chi connectivity index (χ2n) is 5.90. The van der Waals surface area contributed by atoms with E-state index in [0.29, 0.717) is 6.54 Å². The number of carbonyl (C=O) groups is 1. The Hall–Kier alpha value is -1.68. The van der Waals surface area contributed by atoms with E-state index in [0.717, 1.165) is 18.7 Å². The Morgan fingerprint density at radius 1 is 1.24 bits per heavy atom. The lowest BCUT2D eigenvalue weighted by molar-refractivity contribution is -0.893. The van der Waals surface area contributed by atoms with E-state index in [1.54, 1.807) is 6.21 Å². The standard InChI is InChI=1S/C17H25N3O/c1-15-8-7-9-16(12-15)13-18-19-17(21)14-20-10-5-3-2-4-6-11-20/h7-9,12-13H,2-6,10-11,14H2,1H3,(H,19,21)/p+1/b18-13-. The molecule has 1 aromatic carbocycles. The summed E-state index contributed by atoms with van der Waals surface area (Å²) in [5.41, 5.74) is 4.84. The molecule has 4 nitrogen and oxygen atoms in total. The Labute approximate surface area is 127 Å². The molecule has 0 atom stereocenters. The van der Waals surface area contributed by atoms with Gasteiger partial charge in [-0.1, -0.05) is 36.2 Å². The quantitative estimate of drug-likeness (QED) is 0.636. The lowest BCUT2D eigenvalue weighted by Gasteiger charge is -2.20. The van der Waals surface area contributed by atoms with Crippen LogP contribution in [0, 0.1) is 6.92 Å². The Balaban J connectivity index is 1.76. The Morgan fingerprint density at radius 3 is 2.67 bits per heavy atom. The summed E-state index contributed by atoms with van der Waals surface area (Å²) in [6, 6.07) is 8.05. The van der Waals surface area contributed by atoms with Crippen LogP contribution >= 0.6 is 0 Å². The first-order valence-corrected chi connectivity index (χ1v) is 7.96. The number of rotatable bonds is 4. The first-order valence-electron chi connectivity index (χ1n) is 7.96. The van der Waals surface area contributed by atoms with E-state index in [-0.39, 0.29) is 5.91 Å². The number of hydrogen-bond donors (Lipinski definition) is 2. The van der Waals surface area contributed by atoms with E-state index in [9.17, 15) is 4.79 Å². The monoisotopic (exact) mass is 288 g/mol. The zero-order valence-electron chi connectivity index (χ0n) is 12.9. The number of aryl methyl sites for hydroxylation is 1. The minimum absolute atomic E-state index is 0.00877. The molecule has 1 amide bonds. The number of benzene rings is 1. The lowest BCUT2D eigenvalue weighted by Crippen LogP contribution is -3.13. The average molecular weight is 288 g/mol. The van der Waals surface area contributed by atoms with E-state index in [1.807, 2.05) is 31.2 Å². The van der Waals surface area contributed by atoms with Crippen LogP contribution in [-0.4, -0.2) is 31.8 Å². The van der Waals surface area contributed by atoms with Crippen molar-refractivity contribution in [2.75, 3.05) is 19.6 Å². The fourth-order valence-electron chi connectivity index (χ4n) is 2.78. The minimum atomic E-state index is 0.00877. The van der Waals surface area contributed by atoms with Crippen LogP contribution < -0.4 is 10.3 Å². The molecule has 0 aromatic heterocycles. The van der Waals surface area contributed by atoms with Crippen molar-refractivity contribution in [2.24, 2.45) is 5.10 Å². The van der Waals surface area contributed by atoms with Crippen molar-refractivity contribution < 1.29 is 9.69 Å². The smallest absolute Gasteiger partial charge is 0.295 e. The third-order valence-electron chi connectivity index (χ3n) is 3.92. The van der Waals surface area contributed by atoms with Crippen LogP contribution in [0.4, 0.5) is 0 Å². The van der Waals surface area contributed by atoms with Gasteiger partial charge in [-0.25, -0.2) is 5.43 Å². The van der Waals surface area contributed by atoms with Gasteiger partial charge in [0, 0.05) is 0 Å². The highest BCUT2D eigenvalue weighted by Crippen LogP contribution is 2.02. The highest BCUT2D eigenvalue weighted by Gasteiger charge is 2.14. The van der Waals surface area contributed by atoms with Gasteiger partial charge in [0.15, 0.2) is 6.54 Å². The van der Waals surface area contributed by atoms with Gasteiger partial charge in [-0.2, -0.15) is 5.10 Å². The average Bonchev–Trinajstić information content (AvgIpc) is 2.42. The maximum Gasteiger partial charge on any atom is 0.295 e. The van der Waals surface area contributed by atoms with E-state index in [2.05, 4.69) is 10.5 Å². The summed E-state index contributed by atoms with van der Waals surface area (Å²) in [6.07, 6.45) is 8.12. The molecule has 0 saturated carbocycles. The van der Waals surface area contributed by atoms with E-state index < -0.39 is 0 Å². The highest BCUT2D eigenvalue weighted by molar-refractivity contribution is 5.82. The number of nitrogens with one attached hydrogen (secondary N) is 2. The first-order chi connectivity index (χ1) is 10.2. The summed E-state index contributed by atoms with van der Waals surface area (Å²) in [6.45, 7) is 4.79. The van der Waals surface area contributed by atoms with Crippen LogP contribution in [0.2, 0.25) is 0 Å². The number of likely N-dealkylation sites (tertiary alicyclic amines) is 1. The number of hydrazone groups is 1. The van der Waals surface area contributed by atoms with Crippen molar-refractivity contribution in [2.45, 2.75) is 39.0 Å². The van der Waals surface area contributed by atoms with Crippen LogP contribution in [-0.2, 0) is 4.79 Å². The molecule has 1 aliphatic rings. The molecule has 0 bridgehead atoms. The largest absolute Gasteiger partial charge is 0.327 e. The van der Waals surface area contributed by atoms with Crippen molar-refractivity contribution >= 4 is 12.1 Å². The van der Waals surface area contributed by atoms with Crippen LogP contribution in [0.5, 0.6) is 0 Å². The molecule has 21 heavy (non-hydrogen) atoms. The number of nitrogens with zero attached hydrogens (tertiary/aromatic N) is 1. The molecule has 114 valence electrons. The van der Waals surface area contributed by atoms with Gasteiger partial charge in [-0.3, -0.25) is 4.79 Å². The van der Waals surface area contributed by atoms with Gasteiger partial charge < -0.3 is 4.90 Å². The molecule has 0 radical (unpaired) electrons. The predicted octanol–water partition coefficient (Wildman–Crippen LogP) is 1.29. The van der Waals surface area contributed by atoms with Gasteiger partial charge >= 0.3 is 0 Å². The van der Waals surface area contributed by atoms with Crippen molar-refractivity contribution in [3.63, 3.8) is 0 Å². The molecule has 4 heteroatoms. The number of hydrogen-bond acceptors (Lipinski definition) is 2. The topological polar surface area (TPSA) is 45.9 Å². The van der Waals surface area contributed by atoms with Gasteiger partial charge in [0.2, 0.25) is 0 Å². The molecule has 1 aliphatic heterocycles. The SMILES string of the molecule is Cc1cccc(/C=N\NC(=O)C[NH+]2CCCCCCC2)c1. The van der Waals surface area contributed by atoms with Crippen LogP contribution in [0.1, 0.15) is 43.2 Å². The van der Waals surface area contributed by atoms with Crippen LogP contribution in [0.25, 0.3) is 0 Å². The zero-order valence-corrected chi connectivity index (χ0v) is 12.9. The first kappa shape index (κ1) is 15.7. The number of carbonyl (C=O) groups excluding carboxylic acids is 1. The fraction of sp³-hybridized carbons (Fsp3) is 0.529. The maximum atomic E-state index is 11.9. The summed E-state index contributed by atoms with van der Waals surface area (Å²) >= 11 is 0. The van der Waals surface area contributed by atoms with Gasteiger partial charge in [-0.05, 0) is 38.2 Å². The summed E-state index contributed by atoms with van der Waals surface area (Å²) in [5.74, 6) is 0.00877. The van der Waals surface area contributed by atoms with Gasteiger partial charge in [-0.15, -0.1) is 0 Å². The third-order valence-corrected chi connectivity index (χ3v) is 3.92. The Morgan fingerprint density at radius 2 is 1.95 bits per heavy atom. The molecule has 2 N–H and O–H groups in total. The third kappa shape index (κ3) is 6.08. The van der Waals surface area contributed by atoms with Crippen molar-refractivity contribution in [1.29, 1.82) is 0 Å². The molecular formula is C17H26N3O+. The van der Waals surface area contributed by atoms with Crippen LogP contribution in [0.15, 0.2) is 29.4 Å².